The fourth-order valence-corrected chi connectivity index (χ4v) is 5.36. The van der Waals surface area contributed by atoms with Gasteiger partial charge in [0.1, 0.15) is 0 Å². The first-order valence-electron chi connectivity index (χ1n) is 9.54. The van der Waals surface area contributed by atoms with Crippen LogP contribution in [0.1, 0.15) is 69.1 Å². The van der Waals surface area contributed by atoms with Crippen LogP contribution < -0.4 is 0 Å². The molecule has 0 spiro atoms. The zero-order chi connectivity index (χ0) is 19.9. The van der Waals surface area contributed by atoms with E-state index in [1.54, 1.807) is 11.1 Å². The SMILES string of the molecule is CCN(C(=O)c1cc(C(C)C)nc2c1cnn2C(C)C)C1CCS(=O)(=O)C1. The molecule has 27 heavy (non-hydrogen) atoms. The number of hydrogen-bond acceptors (Lipinski definition) is 5. The van der Waals surface area contributed by atoms with Crippen LogP contribution in [0.5, 0.6) is 0 Å². The van der Waals surface area contributed by atoms with Crippen molar-refractivity contribution in [1.82, 2.24) is 19.7 Å². The van der Waals surface area contributed by atoms with Crippen LogP contribution in [0.2, 0.25) is 0 Å². The number of amides is 1. The van der Waals surface area contributed by atoms with E-state index in [-0.39, 0.29) is 35.4 Å². The molecule has 1 amide bonds. The molecule has 3 rings (SSSR count). The van der Waals surface area contributed by atoms with Crippen LogP contribution in [0.3, 0.4) is 0 Å². The minimum Gasteiger partial charge on any atom is -0.335 e. The maximum Gasteiger partial charge on any atom is 0.254 e. The minimum absolute atomic E-state index is 0.0447. The molecule has 8 heteroatoms. The summed E-state index contributed by atoms with van der Waals surface area (Å²) < 4.78 is 25.6. The van der Waals surface area contributed by atoms with E-state index in [0.717, 1.165) is 11.1 Å². The van der Waals surface area contributed by atoms with Gasteiger partial charge in [-0.05, 0) is 39.2 Å². The third kappa shape index (κ3) is 3.72. The van der Waals surface area contributed by atoms with Gasteiger partial charge in [0.15, 0.2) is 15.5 Å². The number of nitrogens with zero attached hydrogens (tertiary/aromatic N) is 4. The Balaban J connectivity index is 2.10. The molecule has 0 bridgehead atoms. The monoisotopic (exact) mass is 392 g/mol. The van der Waals surface area contributed by atoms with Gasteiger partial charge in [-0.3, -0.25) is 4.79 Å². The Morgan fingerprint density at radius 1 is 1.33 bits per heavy atom. The van der Waals surface area contributed by atoms with E-state index < -0.39 is 9.84 Å². The molecule has 1 aliphatic heterocycles. The zero-order valence-electron chi connectivity index (χ0n) is 16.6. The summed E-state index contributed by atoms with van der Waals surface area (Å²) in [7, 11) is -3.06. The Kier molecular flexibility index (Phi) is 5.29. The first-order valence-corrected chi connectivity index (χ1v) is 11.4. The van der Waals surface area contributed by atoms with Gasteiger partial charge in [-0.1, -0.05) is 13.8 Å². The number of carbonyl (C=O) groups excluding carboxylic acids is 1. The van der Waals surface area contributed by atoms with Gasteiger partial charge in [0.25, 0.3) is 5.91 Å². The van der Waals surface area contributed by atoms with Gasteiger partial charge in [0.05, 0.1) is 28.7 Å². The molecule has 0 radical (unpaired) electrons. The lowest BCUT2D eigenvalue weighted by molar-refractivity contribution is 0.0710. The lowest BCUT2D eigenvalue weighted by Gasteiger charge is -2.27. The number of hydrogen-bond donors (Lipinski definition) is 0. The van der Waals surface area contributed by atoms with Crippen LogP contribution >= 0.6 is 0 Å². The van der Waals surface area contributed by atoms with Crippen molar-refractivity contribution in [2.75, 3.05) is 18.1 Å². The minimum atomic E-state index is -3.06. The predicted octanol–water partition coefficient (Wildman–Crippen LogP) is 2.78. The van der Waals surface area contributed by atoms with E-state index in [4.69, 9.17) is 4.98 Å². The average molecular weight is 393 g/mol. The van der Waals surface area contributed by atoms with E-state index >= 15 is 0 Å². The molecule has 0 aromatic carbocycles. The molecule has 0 N–H and O–H groups in total. The summed E-state index contributed by atoms with van der Waals surface area (Å²) in [4.78, 5) is 19.8. The van der Waals surface area contributed by atoms with E-state index in [9.17, 15) is 13.2 Å². The largest absolute Gasteiger partial charge is 0.335 e. The molecule has 7 nitrogen and oxygen atoms in total. The normalized spacial score (nSPS) is 19.3. The maximum atomic E-state index is 13.4. The molecule has 148 valence electrons. The molecule has 1 atom stereocenters. The Hall–Kier alpha value is -1.96. The Bertz CT molecular complexity index is 963. The number of rotatable bonds is 5. The highest BCUT2D eigenvalue weighted by Crippen LogP contribution is 2.27. The lowest BCUT2D eigenvalue weighted by atomic mass is 10.0. The van der Waals surface area contributed by atoms with Gasteiger partial charge >= 0.3 is 0 Å². The molecular weight excluding hydrogens is 364 g/mol. The van der Waals surface area contributed by atoms with Crippen molar-refractivity contribution < 1.29 is 13.2 Å². The molecule has 1 unspecified atom stereocenters. The predicted molar refractivity (Wildman–Crippen MR) is 106 cm³/mol. The van der Waals surface area contributed by atoms with Crippen LogP contribution in [0.15, 0.2) is 12.3 Å². The summed E-state index contributed by atoms with van der Waals surface area (Å²) in [6, 6.07) is 1.70. The van der Waals surface area contributed by atoms with Crippen LogP contribution in [0, 0.1) is 0 Å². The van der Waals surface area contributed by atoms with Crippen molar-refractivity contribution in [3.63, 3.8) is 0 Å². The maximum absolute atomic E-state index is 13.4. The number of carbonyl (C=O) groups is 1. The highest BCUT2D eigenvalue weighted by atomic mass is 32.2. The molecule has 0 aliphatic carbocycles. The fraction of sp³-hybridized carbons (Fsp3) is 0.632. The van der Waals surface area contributed by atoms with Crippen molar-refractivity contribution >= 4 is 26.8 Å². The summed E-state index contributed by atoms with van der Waals surface area (Å²) in [5.41, 5.74) is 2.10. The van der Waals surface area contributed by atoms with Gasteiger partial charge in [-0.15, -0.1) is 0 Å². The first-order chi connectivity index (χ1) is 12.6. The van der Waals surface area contributed by atoms with Crippen molar-refractivity contribution in [2.45, 2.75) is 59.0 Å². The number of aromatic nitrogens is 3. The zero-order valence-corrected chi connectivity index (χ0v) is 17.5. The van der Waals surface area contributed by atoms with E-state index in [1.807, 2.05) is 45.4 Å². The topological polar surface area (TPSA) is 85.2 Å². The number of sulfone groups is 1. The van der Waals surface area contributed by atoms with Gasteiger partial charge in [0.2, 0.25) is 0 Å². The molecular formula is C19H28N4O3S. The molecule has 2 aromatic heterocycles. The summed E-state index contributed by atoms with van der Waals surface area (Å²) in [6.45, 7) is 10.5. The van der Waals surface area contributed by atoms with Gasteiger partial charge in [0, 0.05) is 24.3 Å². The van der Waals surface area contributed by atoms with Gasteiger partial charge in [-0.25, -0.2) is 18.1 Å². The standard InChI is InChI=1S/C19H28N4O3S/c1-6-22(14-7-8-27(25,26)11-14)19(24)15-9-17(12(2)3)21-18-16(15)10-20-23(18)13(4)5/h9-10,12-14H,6-8,11H2,1-5H3. The molecule has 1 aliphatic rings. The summed E-state index contributed by atoms with van der Waals surface area (Å²) in [5.74, 6) is 0.217. The van der Waals surface area contributed by atoms with Crippen molar-refractivity contribution in [3.05, 3.63) is 23.5 Å². The highest BCUT2D eigenvalue weighted by Gasteiger charge is 2.35. The Labute approximate surface area is 160 Å². The summed E-state index contributed by atoms with van der Waals surface area (Å²) >= 11 is 0. The second kappa shape index (κ2) is 7.22. The highest BCUT2D eigenvalue weighted by molar-refractivity contribution is 7.91. The van der Waals surface area contributed by atoms with Crippen LogP contribution in [-0.4, -0.2) is 58.1 Å². The molecule has 1 saturated heterocycles. The number of pyridine rings is 1. The van der Waals surface area contributed by atoms with Crippen molar-refractivity contribution in [2.24, 2.45) is 0 Å². The average Bonchev–Trinajstić information content (AvgIpc) is 3.17. The summed E-state index contributed by atoms with van der Waals surface area (Å²) in [5, 5.41) is 5.15. The number of fused-ring (bicyclic) bond motifs is 1. The van der Waals surface area contributed by atoms with Crippen LogP contribution in [0.25, 0.3) is 11.0 Å². The van der Waals surface area contributed by atoms with E-state index in [0.29, 0.717) is 24.2 Å². The van der Waals surface area contributed by atoms with Gasteiger partial charge in [-0.2, -0.15) is 5.10 Å². The molecule has 2 aromatic rings. The van der Waals surface area contributed by atoms with E-state index in [1.165, 1.54) is 0 Å². The van der Waals surface area contributed by atoms with Crippen molar-refractivity contribution in [3.8, 4) is 0 Å². The fourth-order valence-electron chi connectivity index (χ4n) is 3.63. The van der Waals surface area contributed by atoms with Crippen LogP contribution in [-0.2, 0) is 9.84 Å². The quantitative estimate of drug-likeness (QED) is 0.781. The van der Waals surface area contributed by atoms with Gasteiger partial charge < -0.3 is 4.90 Å². The molecule has 1 fully saturated rings. The lowest BCUT2D eigenvalue weighted by Crippen LogP contribution is -2.41. The Morgan fingerprint density at radius 3 is 2.56 bits per heavy atom. The second-order valence-corrected chi connectivity index (χ2v) is 10.0. The van der Waals surface area contributed by atoms with Crippen molar-refractivity contribution in [1.29, 1.82) is 0 Å². The smallest absolute Gasteiger partial charge is 0.254 e. The third-order valence-corrected chi connectivity index (χ3v) is 6.90. The molecule has 3 heterocycles. The summed E-state index contributed by atoms with van der Waals surface area (Å²) in [6.07, 6.45) is 2.19. The first kappa shape index (κ1) is 19.8. The third-order valence-electron chi connectivity index (χ3n) is 5.15. The molecule has 0 saturated carbocycles. The second-order valence-electron chi connectivity index (χ2n) is 7.82. The van der Waals surface area contributed by atoms with E-state index in [2.05, 4.69) is 5.10 Å². The van der Waals surface area contributed by atoms with Crippen LogP contribution in [0.4, 0.5) is 0 Å². The Morgan fingerprint density at radius 2 is 2.04 bits per heavy atom.